The number of H-pyrrole nitrogens is 1. The number of halogens is 1. The first-order valence-electron chi connectivity index (χ1n) is 15.8. The van der Waals surface area contributed by atoms with Crippen LogP contribution in [0.2, 0.25) is 0 Å². The second kappa shape index (κ2) is 13.7. The van der Waals surface area contributed by atoms with Gasteiger partial charge in [-0.2, -0.15) is 4.98 Å². The van der Waals surface area contributed by atoms with Crippen LogP contribution in [0.5, 0.6) is 0 Å². The molecule has 7 N–H and O–H groups in total. The number of aromatic nitrogens is 7. The Kier molecular flexibility index (Phi) is 9.69. The third-order valence-corrected chi connectivity index (χ3v) is 10.8. The van der Waals surface area contributed by atoms with E-state index in [9.17, 15) is 28.7 Å². The Morgan fingerprint density at radius 3 is 2.43 bits per heavy atom. The fourth-order valence-corrected chi connectivity index (χ4v) is 7.96. The Hall–Kier alpha value is -3.93. The molecule has 4 aromatic heterocycles. The van der Waals surface area contributed by atoms with Gasteiger partial charge in [-0.15, -0.1) is 0 Å². The summed E-state index contributed by atoms with van der Waals surface area (Å²) < 4.78 is 90.3. The summed E-state index contributed by atoms with van der Waals surface area (Å²) in [5.74, 6) is -1.07. The van der Waals surface area contributed by atoms with Gasteiger partial charge in [0.15, 0.2) is 35.4 Å². The summed E-state index contributed by atoms with van der Waals surface area (Å²) in [6.07, 6.45) is -10.4. The number of rotatable bonds is 5. The van der Waals surface area contributed by atoms with Crippen molar-refractivity contribution in [2.24, 2.45) is 5.41 Å². The minimum absolute atomic E-state index is 0.104. The van der Waals surface area contributed by atoms with E-state index in [2.05, 4.69) is 24.9 Å². The molecule has 3 aliphatic rings. The minimum atomic E-state index is -5.21. The number of carbonyl (C=O) groups excluding carboxylic acids is 1. The lowest BCUT2D eigenvalue weighted by molar-refractivity contribution is -0.161. The van der Waals surface area contributed by atoms with Gasteiger partial charge < -0.3 is 35.7 Å². The molecular weight excluding hydrogens is 755 g/mol. The van der Waals surface area contributed by atoms with E-state index in [0.717, 1.165) is 10.9 Å². The standard InChI is InChI=1S/C27H34FN9O14P2/c1-27(2,3)25(40)44-10-47-53(43)46-7-13-18(14(28)23(49-13)36-8-32-15-11(29)4-5-31-20(15)36)50-52(41,42)45-6-12-17(38)19(51-53)24(48-12)37-9-33-16-21(37)34-26(30)35-22(16)39/h4-5,8-9,12-14,17-19,23-24,38H,6-7,10H2,1-3H3,(H2,29,31)(H,41,42)(H3,30,34,35,39)/t12-,13-,14+,17+,18?,19?,23-,24-,53?/m1/s1. The maximum Gasteiger partial charge on any atom is 0.478 e. The lowest BCUT2D eigenvalue weighted by Gasteiger charge is -2.27. The number of phosphoric ester groups is 2. The number of aliphatic hydroxyl groups excluding tert-OH is 1. The van der Waals surface area contributed by atoms with Crippen molar-refractivity contribution in [3.63, 3.8) is 0 Å². The first kappa shape index (κ1) is 37.4. The number of nitrogens with one attached hydrogen (secondary N) is 1. The normalized spacial score (nSPS) is 34.0. The van der Waals surface area contributed by atoms with E-state index in [4.69, 9.17) is 48.3 Å². The largest absolute Gasteiger partial charge is 0.478 e. The number of alkyl halides is 1. The van der Waals surface area contributed by atoms with Gasteiger partial charge in [-0.3, -0.25) is 41.8 Å². The molecule has 53 heavy (non-hydrogen) atoms. The first-order chi connectivity index (χ1) is 24.9. The zero-order valence-electron chi connectivity index (χ0n) is 28.0. The lowest BCUT2D eigenvalue weighted by Crippen LogP contribution is -2.36. The molecule has 10 atom stereocenters. The molecule has 288 valence electrons. The molecule has 3 saturated heterocycles. The summed E-state index contributed by atoms with van der Waals surface area (Å²) >= 11 is 0. The number of imidazole rings is 2. The van der Waals surface area contributed by atoms with E-state index >= 15 is 4.39 Å². The van der Waals surface area contributed by atoms with Crippen LogP contribution in [0.25, 0.3) is 22.3 Å². The van der Waals surface area contributed by atoms with Crippen LogP contribution in [-0.4, -0.2) is 107 Å². The van der Waals surface area contributed by atoms with Crippen LogP contribution in [0.15, 0.2) is 29.7 Å². The van der Waals surface area contributed by atoms with Gasteiger partial charge in [0.1, 0.15) is 36.0 Å². The molecule has 4 unspecified atom stereocenters. The molecule has 3 aliphatic heterocycles. The number of pyridine rings is 1. The van der Waals surface area contributed by atoms with Crippen molar-refractivity contribution in [2.75, 3.05) is 31.5 Å². The predicted molar refractivity (Wildman–Crippen MR) is 174 cm³/mol. The number of aliphatic hydroxyl groups is 1. The summed E-state index contributed by atoms with van der Waals surface area (Å²) in [7, 11) is -10.3. The number of hydrogen-bond donors (Lipinski definition) is 5. The monoisotopic (exact) mass is 789 g/mol. The highest BCUT2D eigenvalue weighted by atomic mass is 31.2. The van der Waals surface area contributed by atoms with Gasteiger partial charge in [-0.25, -0.2) is 33.0 Å². The van der Waals surface area contributed by atoms with Gasteiger partial charge in [-0.1, -0.05) is 0 Å². The number of nitrogens with zero attached hydrogens (tertiary/aromatic N) is 6. The van der Waals surface area contributed by atoms with E-state index in [0.29, 0.717) is 0 Å². The zero-order chi connectivity index (χ0) is 38.0. The van der Waals surface area contributed by atoms with Crippen LogP contribution in [0.4, 0.5) is 16.0 Å². The van der Waals surface area contributed by atoms with Crippen molar-refractivity contribution in [1.82, 2.24) is 34.1 Å². The number of esters is 1. The van der Waals surface area contributed by atoms with Crippen LogP contribution in [0, 0.1) is 5.41 Å². The molecular formula is C27H34FN9O14P2. The average Bonchev–Trinajstić information content (AvgIpc) is 3.84. The third-order valence-electron chi connectivity index (χ3n) is 8.39. The molecule has 0 aliphatic carbocycles. The Morgan fingerprint density at radius 1 is 1.02 bits per heavy atom. The number of carbonyl (C=O) groups is 1. The molecule has 2 bridgehead atoms. The number of aromatic amines is 1. The van der Waals surface area contributed by atoms with Crippen molar-refractivity contribution in [3.8, 4) is 0 Å². The fraction of sp³-hybridized carbons (Fsp3) is 0.556. The summed E-state index contributed by atoms with van der Waals surface area (Å²) in [5.41, 5.74) is 10.2. The summed E-state index contributed by atoms with van der Waals surface area (Å²) in [6.45, 7) is 1.88. The Balaban J connectivity index is 1.24. The molecule has 26 heteroatoms. The van der Waals surface area contributed by atoms with Gasteiger partial charge in [0.25, 0.3) is 5.56 Å². The van der Waals surface area contributed by atoms with Gasteiger partial charge in [-0.05, 0) is 26.8 Å². The second-order valence-electron chi connectivity index (χ2n) is 13.1. The van der Waals surface area contributed by atoms with E-state index in [-0.39, 0.29) is 34.0 Å². The topological polar surface area (TPSA) is 312 Å². The maximum atomic E-state index is 16.3. The number of ether oxygens (including phenoxy) is 3. The number of hydrogen-bond acceptors (Lipinski definition) is 19. The van der Waals surface area contributed by atoms with Crippen LogP contribution in [-0.2, 0) is 50.8 Å². The maximum absolute atomic E-state index is 16.3. The van der Waals surface area contributed by atoms with E-state index in [1.807, 2.05) is 0 Å². The predicted octanol–water partition coefficient (Wildman–Crippen LogP) is 0.812. The highest BCUT2D eigenvalue weighted by Crippen LogP contribution is 2.56. The molecule has 0 aromatic carbocycles. The molecule has 4 aromatic rings. The SMILES string of the molecule is CC(C)(C)C(=O)OCOP1(=O)OC[C@H]2O[C@@H](n3cnc4c(N)ccnc43)[C@@H](F)C2OP(=O)(O)OC[C@H]2O[C@@H](n3cnc4c(=O)[nH]c(N)nc43)C(O1)[C@H]2O. The van der Waals surface area contributed by atoms with Crippen molar-refractivity contribution in [3.05, 3.63) is 35.3 Å². The van der Waals surface area contributed by atoms with Crippen LogP contribution < -0.4 is 17.0 Å². The van der Waals surface area contributed by atoms with Crippen molar-refractivity contribution in [1.29, 1.82) is 0 Å². The lowest BCUT2D eigenvalue weighted by atomic mass is 9.98. The minimum Gasteiger partial charge on any atom is -0.437 e. The first-order valence-corrected chi connectivity index (χ1v) is 18.7. The Morgan fingerprint density at radius 2 is 1.70 bits per heavy atom. The third kappa shape index (κ3) is 7.20. The van der Waals surface area contributed by atoms with Crippen molar-refractivity contribution >= 4 is 55.6 Å². The number of nitrogen functional groups attached to an aromatic ring is 2. The Labute approximate surface area is 296 Å². The summed E-state index contributed by atoms with van der Waals surface area (Å²) in [5, 5.41) is 11.4. The quantitative estimate of drug-likeness (QED) is 0.106. The number of phosphoric acid groups is 2. The number of fused-ring (bicyclic) bond motifs is 5. The van der Waals surface area contributed by atoms with E-state index in [1.165, 1.54) is 23.2 Å². The number of anilines is 2. The summed E-state index contributed by atoms with van der Waals surface area (Å²) in [4.78, 5) is 54.4. The highest BCUT2D eigenvalue weighted by Gasteiger charge is 2.55. The van der Waals surface area contributed by atoms with Crippen LogP contribution in [0.3, 0.4) is 0 Å². The molecule has 0 radical (unpaired) electrons. The number of nitrogens with two attached hydrogens (primary N) is 2. The van der Waals surface area contributed by atoms with Gasteiger partial charge in [0.2, 0.25) is 12.7 Å². The average molecular weight is 790 g/mol. The molecule has 7 heterocycles. The molecule has 23 nitrogen and oxygen atoms in total. The van der Waals surface area contributed by atoms with Gasteiger partial charge in [0, 0.05) is 6.20 Å². The fourth-order valence-electron chi connectivity index (χ4n) is 5.76. The van der Waals surface area contributed by atoms with Crippen molar-refractivity contribution < 1.29 is 65.1 Å². The molecule has 7 rings (SSSR count). The van der Waals surface area contributed by atoms with Crippen LogP contribution in [0.1, 0.15) is 33.2 Å². The molecule has 0 amide bonds. The van der Waals surface area contributed by atoms with Gasteiger partial charge >= 0.3 is 21.6 Å². The smallest absolute Gasteiger partial charge is 0.437 e. The molecule has 0 spiro atoms. The van der Waals surface area contributed by atoms with Crippen molar-refractivity contribution in [2.45, 2.75) is 69.9 Å². The van der Waals surface area contributed by atoms with Crippen LogP contribution >= 0.6 is 15.6 Å². The Bertz CT molecular complexity index is 2190. The van der Waals surface area contributed by atoms with E-state index in [1.54, 1.807) is 20.8 Å². The van der Waals surface area contributed by atoms with Gasteiger partial charge in [0.05, 0.1) is 37.0 Å². The van der Waals surface area contributed by atoms with E-state index < -0.39 is 102 Å². The molecule has 3 fully saturated rings. The second-order valence-corrected chi connectivity index (χ2v) is 16.2. The zero-order valence-corrected chi connectivity index (χ0v) is 29.7. The molecule has 0 saturated carbocycles. The summed E-state index contributed by atoms with van der Waals surface area (Å²) in [6, 6.07) is 1.48. The highest BCUT2D eigenvalue weighted by molar-refractivity contribution is 7.48.